The fourth-order valence-corrected chi connectivity index (χ4v) is 2.20. The summed E-state index contributed by atoms with van der Waals surface area (Å²) >= 11 is 0. The van der Waals surface area contributed by atoms with Crippen LogP contribution in [0.25, 0.3) is 5.57 Å². The smallest absolute Gasteiger partial charge is 0.248 e. The lowest BCUT2D eigenvalue weighted by Gasteiger charge is -2.28. The van der Waals surface area contributed by atoms with Gasteiger partial charge in [0.25, 0.3) is 0 Å². The molecule has 108 valence electrons. The van der Waals surface area contributed by atoms with Crippen molar-refractivity contribution in [3.63, 3.8) is 0 Å². The Labute approximate surface area is 116 Å². The SMILES string of the molecule is C=C(C(N)=O)c1ccc(OC2CCC(F)(F)CC2)cc1. The van der Waals surface area contributed by atoms with E-state index < -0.39 is 11.8 Å². The molecule has 1 saturated carbocycles. The number of benzene rings is 1. The van der Waals surface area contributed by atoms with Gasteiger partial charge < -0.3 is 10.5 Å². The van der Waals surface area contributed by atoms with Gasteiger partial charge in [0.2, 0.25) is 11.8 Å². The molecule has 0 radical (unpaired) electrons. The maximum Gasteiger partial charge on any atom is 0.248 e. The molecule has 0 unspecified atom stereocenters. The molecule has 1 aliphatic rings. The molecule has 0 saturated heterocycles. The van der Waals surface area contributed by atoms with Crippen molar-refractivity contribution < 1.29 is 18.3 Å². The maximum atomic E-state index is 13.0. The molecule has 2 N–H and O–H groups in total. The fraction of sp³-hybridized carbons (Fsp3) is 0.400. The molecule has 1 aliphatic carbocycles. The summed E-state index contributed by atoms with van der Waals surface area (Å²) in [5.41, 5.74) is 6.00. The highest BCUT2D eigenvalue weighted by molar-refractivity contribution is 6.17. The number of ether oxygens (including phenoxy) is 1. The lowest BCUT2D eigenvalue weighted by Crippen LogP contribution is -2.30. The molecule has 0 bridgehead atoms. The van der Waals surface area contributed by atoms with Gasteiger partial charge in [0.15, 0.2) is 0 Å². The molecule has 1 amide bonds. The Hall–Kier alpha value is -1.91. The summed E-state index contributed by atoms with van der Waals surface area (Å²) in [4.78, 5) is 11.0. The molecule has 0 atom stereocenters. The third-order valence-electron chi connectivity index (χ3n) is 3.47. The van der Waals surface area contributed by atoms with Crippen LogP contribution in [-0.2, 0) is 4.79 Å². The molecule has 3 nitrogen and oxygen atoms in total. The van der Waals surface area contributed by atoms with E-state index in [9.17, 15) is 13.6 Å². The lowest BCUT2D eigenvalue weighted by atomic mass is 9.94. The Morgan fingerprint density at radius 2 is 1.80 bits per heavy atom. The zero-order valence-electron chi connectivity index (χ0n) is 11.1. The predicted octanol–water partition coefficient (Wildman–Crippen LogP) is 3.14. The van der Waals surface area contributed by atoms with Crippen molar-refractivity contribution in [2.75, 3.05) is 0 Å². The number of halogens is 2. The Balaban J connectivity index is 1.95. The Kier molecular flexibility index (Phi) is 4.06. The van der Waals surface area contributed by atoms with Gasteiger partial charge in [-0.15, -0.1) is 0 Å². The normalized spacial score (nSPS) is 18.5. The Morgan fingerprint density at radius 1 is 1.25 bits per heavy atom. The monoisotopic (exact) mass is 281 g/mol. The van der Waals surface area contributed by atoms with Gasteiger partial charge in [-0.05, 0) is 30.5 Å². The third kappa shape index (κ3) is 3.56. The van der Waals surface area contributed by atoms with E-state index in [-0.39, 0.29) is 24.5 Å². The quantitative estimate of drug-likeness (QED) is 0.862. The highest BCUT2D eigenvalue weighted by Crippen LogP contribution is 2.34. The van der Waals surface area contributed by atoms with Crippen molar-refractivity contribution in [2.24, 2.45) is 5.73 Å². The van der Waals surface area contributed by atoms with E-state index in [0.29, 0.717) is 24.2 Å². The first-order valence-electron chi connectivity index (χ1n) is 6.51. The van der Waals surface area contributed by atoms with Gasteiger partial charge in [-0.25, -0.2) is 8.78 Å². The van der Waals surface area contributed by atoms with Gasteiger partial charge in [-0.3, -0.25) is 4.79 Å². The van der Waals surface area contributed by atoms with E-state index in [1.165, 1.54) is 0 Å². The third-order valence-corrected chi connectivity index (χ3v) is 3.47. The Bertz CT molecular complexity index is 501. The summed E-state index contributed by atoms with van der Waals surface area (Å²) in [5.74, 6) is -2.53. The van der Waals surface area contributed by atoms with Gasteiger partial charge in [0.05, 0.1) is 6.10 Å². The van der Waals surface area contributed by atoms with Crippen LogP contribution in [-0.4, -0.2) is 17.9 Å². The summed E-state index contributed by atoms with van der Waals surface area (Å²) in [6.45, 7) is 3.59. The van der Waals surface area contributed by atoms with Gasteiger partial charge in [-0.1, -0.05) is 18.7 Å². The van der Waals surface area contributed by atoms with E-state index in [2.05, 4.69) is 6.58 Å². The van der Waals surface area contributed by atoms with Crippen molar-refractivity contribution in [3.05, 3.63) is 36.4 Å². The molecule has 0 aliphatic heterocycles. The number of nitrogens with two attached hydrogens (primary N) is 1. The first-order chi connectivity index (χ1) is 9.37. The van der Waals surface area contributed by atoms with Crippen molar-refractivity contribution in [1.82, 2.24) is 0 Å². The first-order valence-corrected chi connectivity index (χ1v) is 6.51. The number of rotatable bonds is 4. The zero-order valence-corrected chi connectivity index (χ0v) is 11.1. The summed E-state index contributed by atoms with van der Waals surface area (Å²) in [6.07, 6.45) is 0.258. The lowest BCUT2D eigenvalue weighted by molar-refractivity contribution is -0.112. The molecule has 0 spiro atoms. The van der Waals surface area contributed by atoms with Crippen LogP contribution in [0.2, 0.25) is 0 Å². The summed E-state index contributed by atoms with van der Waals surface area (Å²) in [6, 6.07) is 6.74. The summed E-state index contributed by atoms with van der Waals surface area (Å²) in [7, 11) is 0. The second-order valence-corrected chi connectivity index (χ2v) is 5.04. The second kappa shape index (κ2) is 5.61. The first kappa shape index (κ1) is 14.5. The minimum Gasteiger partial charge on any atom is -0.490 e. The van der Waals surface area contributed by atoms with E-state index in [4.69, 9.17) is 10.5 Å². The van der Waals surface area contributed by atoms with E-state index in [0.717, 1.165) is 0 Å². The number of hydrogen-bond acceptors (Lipinski definition) is 2. The van der Waals surface area contributed by atoms with E-state index in [1.54, 1.807) is 24.3 Å². The van der Waals surface area contributed by atoms with Gasteiger partial charge in [-0.2, -0.15) is 0 Å². The summed E-state index contributed by atoms with van der Waals surface area (Å²) < 4.78 is 31.7. The van der Waals surface area contributed by atoms with Gasteiger partial charge in [0.1, 0.15) is 5.75 Å². The number of hydrogen-bond donors (Lipinski definition) is 1. The van der Waals surface area contributed by atoms with Crippen LogP contribution in [0.1, 0.15) is 31.2 Å². The van der Waals surface area contributed by atoms with Crippen molar-refractivity contribution >= 4 is 11.5 Å². The molecule has 0 aromatic heterocycles. The number of carbonyl (C=O) groups excluding carboxylic acids is 1. The molecular weight excluding hydrogens is 264 g/mol. The molecule has 1 fully saturated rings. The molecule has 1 aromatic rings. The number of alkyl halides is 2. The molecule has 2 rings (SSSR count). The predicted molar refractivity (Wildman–Crippen MR) is 72.5 cm³/mol. The van der Waals surface area contributed by atoms with E-state index >= 15 is 0 Å². The van der Waals surface area contributed by atoms with Crippen LogP contribution in [0, 0.1) is 0 Å². The summed E-state index contributed by atoms with van der Waals surface area (Å²) in [5, 5.41) is 0. The second-order valence-electron chi connectivity index (χ2n) is 5.04. The number of carbonyl (C=O) groups is 1. The van der Waals surface area contributed by atoms with Crippen molar-refractivity contribution in [2.45, 2.75) is 37.7 Å². The highest BCUT2D eigenvalue weighted by atomic mass is 19.3. The van der Waals surface area contributed by atoms with Crippen LogP contribution in [0.3, 0.4) is 0 Å². The molecule has 20 heavy (non-hydrogen) atoms. The fourth-order valence-electron chi connectivity index (χ4n) is 2.20. The van der Waals surface area contributed by atoms with Gasteiger partial charge >= 0.3 is 0 Å². The largest absolute Gasteiger partial charge is 0.490 e. The topological polar surface area (TPSA) is 52.3 Å². The van der Waals surface area contributed by atoms with Crippen LogP contribution in [0.4, 0.5) is 8.78 Å². The van der Waals surface area contributed by atoms with Crippen LogP contribution in [0.5, 0.6) is 5.75 Å². The molecule has 1 aromatic carbocycles. The van der Waals surface area contributed by atoms with Crippen molar-refractivity contribution in [1.29, 1.82) is 0 Å². The molecule has 0 heterocycles. The van der Waals surface area contributed by atoms with Crippen molar-refractivity contribution in [3.8, 4) is 5.75 Å². The maximum absolute atomic E-state index is 13.0. The minimum atomic E-state index is -2.55. The average molecular weight is 281 g/mol. The molecule has 5 heteroatoms. The van der Waals surface area contributed by atoms with E-state index in [1.807, 2.05) is 0 Å². The average Bonchev–Trinajstić information content (AvgIpc) is 2.41. The van der Waals surface area contributed by atoms with Crippen LogP contribution >= 0.6 is 0 Å². The Morgan fingerprint density at radius 3 is 2.30 bits per heavy atom. The number of amides is 1. The van der Waals surface area contributed by atoms with Gasteiger partial charge in [0, 0.05) is 18.4 Å². The zero-order chi connectivity index (χ0) is 14.8. The molecular formula is C15H17F2NO2. The highest BCUT2D eigenvalue weighted by Gasteiger charge is 2.35. The number of primary amides is 1. The standard InChI is InChI=1S/C15H17F2NO2/c1-10(14(18)19)11-2-4-12(5-3-11)20-13-6-8-15(16,17)9-7-13/h2-5,13H,1,6-9H2,(H2,18,19). The van der Waals surface area contributed by atoms with Crippen LogP contribution < -0.4 is 10.5 Å². The van der Waals surface area contributed by atoms with Crippen LogP contribution in [0.15, 0.2) is 30.8 Å². The minimum absolute atomic E-state index is 0.131.